The molecule has 2 aliphatic rings. The maximum atomic E-state index is 12.1. The zero-order chi connectivity index (χ0) is 17.6. The van der Waals surface area contributed by atoms with E-state index in [1.165, 1.54) is 16.1 Å². The van der Waals surface area contributed by atoms with Crippen LogP contribution in [0.25, 0.3) is 0 Å². The summed E-state index contributed by atoms with van der Waals surface area (Å²) in [5, 5.41) is 2.58. The lowest BCUT2D eigenvalue weighted by Crippen LogP contribution is -2.59. The molecule has 0 atom stereocenters. The van der Waals surface area contributed by atoms with Gasteiger partial charge in [-0.1, -0.05) is 27.7 Å². The van der Waals surface area contributed by atoms with Crippen LogP contribution in [0, 0.1) is 0 Å². The number of anilines is 1. The second-order valence-electron chi connectivity index (χ2n) is 7.57. The molecule has 0 fully saturated rings. The summed E-state index contributed by atoms with van der Waals surface area (Å²) in [6, 6.07) is 6.59. The fraction of sp³-hybridized carbons (Fsp3) is 0.400. The molecule has 0 N–H and O–H groups in total. The molecule has 0 aromatic heterocycles. The molecule has 0 unspecified atom stereocenters. The van der Waals surface area contributed by atoms with Gasteiger partial charge in [-0.15, -0.1) is 0 Å². The van der Waals surface area contributed by atoms with Crippen molar-refractivity contribution in [1.82, 2.24) is 0 Å². The average Bonchev–Trinajstić information content (AvgIpc) is 2.51. The van der Waals surface area contributed by atoms with Crippen molar-refractivity contribution in [2.75, 3.05) is 19.0 Å². The van der Waals surface area contributed by atoms with Gasteiger partial charge in [0, 0.05) is 19.8 Å². The summed E-state index contributed by atoms with van der Waals surface area (Å²) in [7, 11) is 2.03. The van der Waals surface area contributed by atoms with Gasteiger partial charge in [-0.2, -0.15) is 0 Å². The highest BCUT2D eigenvalue weighted by Crippen LogP contribution is 2.44. The number of nitrogens with zero attached hydrogens (tertiary/aromatic N) is 2. The number of carbonyl (C=O) groups excluding carboxylic acids is 1. The van der Waals surface area contributed by atoms with Gasteiger partial charge in [-0.3, -0.25) is 4.79 Å². The number of allylic oxidation sites excluding steroid dienone is 4. The van der Waals surface area contributed by atoms with Gasteiger partial charge in [0.2, 0.25) is 0 Å². The molecule has 24 heavy (non-hydrogen) atoms. The van der Waals surface area contributed by atoms with Crippen molar-refractivity contribution in [2.45, 2.75) is 38.8 Å². The maximum absolute atomic E-state index is 12.1. The Morgan fingerprint density at radius 2 is 1.71 bits per heavy atom. The Balaban J connectivity index is 2.38. The van der Waals surface area contributed by atoms with Crippen LogP contribution in [0.1, 0.15) is 27.7 Å². The van der Waals surface area contributed by atoms with Gasteiger partial charge in [0.1, 0.15) is 8.07 Å². The third-order valence-electron chi connectivity index (χ3n) is 5.42. The molecular weight excluding hydrogens is 312 g/mol. The highest BCUT2D eigenvalue weighted by molar-refractivity contribution is 7.04. The normalized spacial score (nSPS) is 18.2. The van der Waals surface area contributed by atoms with E-state index >= 15 is 0 Å². The third kappa shape index (κ3) is 2.32. The summed E-state index contributed by atoms with van der Waals surface area (Å²) < 4.78 is 0. The van der Waals surface area contributed by atoms with Crippen molar-refractivity contribution >= 4 is 36.1 Å². The first-order chi connectivity index (χ1) is 11.3. The number of aliphatic imine (C=N–C) groups is 1. The molecular formula is C20H26N2OSi. The lowest BCUT2D eigenvalue weighted by atomic mass is 10.1. The average molecular weight is 339 g/mol. The molecule has 1 heterocycles. The second-order valence-corrected chi connectivity index (χ2v) is 12.7. The topological polar surface area (TPSA) is 32.7 Å². The van der Waals surface area contributed by atoms with Crippen LogP contribution < -0.4 is 10.1 Å². The molecule has 3 nitrogen and oxygen atoms in total. The Kier molecular flexibility index (Phi) is 4.12. The summed E-state index contributed by atoms with van der Waals surface area (Å²) in [5.74, 6) is 0.0920. The summed E-state index contributed by atoms with van der Waals surface area (Å²) in [5.41, 5.74) is 4.26. The van der Waals surface area contributed by atoms with E-state index in [-0.39, 0.29) is 5.78 Å². The fourth-order valence-electron chi connectivity index (χ4n) is 4.36. The minimum absolute atomic E-state index is 0.0920. The first-order valence-electron chi connectivity index (χ1n) is 8.63. The molecule has 0 amide bonds. The van der Waals surface area contributed by atoms with Crippen LogP contribution in [0.3, 0.4) is 0 Å². The van der Waals surface area contributed by atoms with E-state index in [4.69, 9.17) is 4.99 Å². The monoisotopic (exact) mass is 338 g/mol. The number of carbonyl (C=O) groups is 1. The minimum Gasteiger partial charge on any atom is -0.378 e. The summed E-state index contributed by atoms with van der Waals surface area (Å²) in [4.78, 5) is 19.2. The van der Waals surface area contributed by atoms with Crippen molar-refractivity contribution < 1.29 is 4.79 Å². The van der Waals surface area contributed by atoms with Crippen LogP contribution in [-0.2, 0) is 4.79 Å². The molecule has 0 saturated heterocycles. The molecule has 0 saturated carbocycles. The summed E-state index contributed by atoms with van der Waals surface area (Å²) in [6.45, 7) is 9.24. The molecule has 4 heteroatoms. The van der Waals surface area contributed by atoms with Crippen molar-refractivity contribution in [3.05, 3.63) is 41.6 Å². The second kappa shape index (κ2) is 5.85. The maximum Gasteiger partial charge on any atom is 0.178 e. The van der Waals surface area contributed by atoms with Gasteiger partial charge in [0.05, 0.1) is 11.4 Å². The number of ketones is 1. The van der Waals surface area contributed by atoms with Crippen molar-refractivity contribution in [3.63, 3.8) is 0 Å². The molecule has 1 aromatic rings. The molecule has 0 radical (unpaired) electrons. The molecule has 0 bridgehead atoms. The van der Waals surface area contributed by atoms with Crippen LogP contribution in [0.5, 0.6) is 0 Å². The number of hydrogen-bond donors (Lipinski definition) is 0. The summed E-state index contributed by atoms with van der Waals surface area (Å²) in [6.07, 6.45) is 5.41. The largest absolute Gasteiger partial charge is 0.378 e. The molecule has 1 aromatic carbocycles. The number of hydrogen-bond acceptors (Lipinski definition) is 3. The first kappa shape index (κ1) is 16.9. The quantitative estimate of drug-likeness (QED) is 0.618. The Morgan fingerprint density at radius 3 is 2.29 bits per heavy atom. The molecule has 1 aliphatic carbocycles. The van der Waals surface area contributed by atoms with Crippen molar-refractivity contribution in [2.24, 2.45) is 4.99 Å². The number of fused-ring (bicyclic) bond motifs is 2. The first-order valence-corrected chi connectivity index (χ1v) is 10.8. The standard InChI is InChI=1S/C20H26N2OSi/c1-13(2)24(14(3)4)19-11-15(22(5)6)7-9-17(19)21-18-10-8-16(23)12-20(18)24/h7-14H,1-6H3. The van der Waals surface area contributed by atoms with Gasteiger partial charge < -0.3 is 4.90 Å². The molecule has 0 spiro atoms. The lowest BCUT2D eigenvalue weighted by molar-refractivity contribution is -0.110. The van der Waals surface area contributed by atoms with Gasteiger partial charge >= 0.3 is 0 Å². The van der Waals surface area contributed by atoms with E-state index in [9.17, 15) is 4.79 Å². The van der Waals surface area contributed by atoms with Gasteiger partial charge in [0.15, 0.2) is 5.78 Å². The van der Waals surface area contributed by atoms with Crippen LogP contribution >= 0.6 is 0 Å². The van der Waals surface area contributed by atoms with Crippen LogP contribution in [-0.4, -0.2) is 33.7 Å². The minimum atomic E-state index is -2.11. The van der Waals surface area contributed by atoms with E-state index in [0.29, 0.717) is 11.1 Å². The number of benzene rings is 1. The molecule has 3 rings (SSSR count). The highest BCUT2D eigenvalue weighted by Gasteiger charge is 2.50. The van der Waals surface area contributed by atoms with Crippen LogP contribution in [0.15, 0.2) is 46.6 Å². The van der Waals surface area contributed by atoms with Crippen LogP contribution in [0.2, 0.25) is 11.1 Å². The lowest BCUT2D eigenvalue weighted by Gasteiger charge is -2.45. The van der Waals surface area contributed by atoms with E-state index in [1.807, 2.05) is 12.2 Å². The Hall–Kier alpha value is -1.94. The van der Waals surface area contributed by atoms with E-state index in [2.05, 4.69) is 64.9 Å². The molecule has 1 aliphatic heterocycles. The SMILES string of the molecule is CC(C)[Si]1(C(C)C)C2=CC(=O)C=CC2=Nc2ccc(N(C)C)cc21. The Bertz CT molecular complexity index is 777. The van der Waals surface area contributed by atoms with Gasteiger partial charge in [0.25, 0.3) is 0 Å². The van der Waals surface area contributed by atoms with Gasteiger partial charge in [-0.05, 0) is 57.9 Å². The van der Waals surface area contributed by atoms with Crippen LogP contribution in [0.4, 0.5) is 11.4 Å². The van der Waals surface area contributed by atoms with E-state index in [1.54, 1.807) is 6.08 Å². The van der Waals surface area contributed by atoms with E-state index < -0.39 is 8.07 Å². The van der Waals surface area contributed by atoms with Crippen molar-refractivity contribution in [1.29, 1.82) is 0 Å². The number of rotatable bonds is 3. The summed E-state index contributed by atoms with van der Waals surface area (Å²) >= 11 is 0. The Labute approximate surface area is 145 Å². The van der Waals surface area contributed by atoms with E-state index in [0.717, 1.165) is 11.4 Å². The molecule has 126 valence electrons. The zero-order valence-electron chi connectivity index (χ0n) is 15.4. The predicted molar refractivity (Wildman–Crippen MR) is 106 cm³/mol. The van der Waals surface area contributed by atoms with Crippen molar-refractivity contribution in [3.8, 4) is 0 Å². The third-order valence-corrected chi connectivity index (χ3v) is 11.6. The smallest absolute Gasteiger partial charge is 0.178 e. The Morgan fingerprint density at radius 1 is 1.04 bits per heavy atom. The fourth-order valence-corrected chi connectivity index (χ4v) is 10.4. The highest BCUT2D eigenvalue weighted by atomic mass is 28.3. The zero-order valence-corrected chi connectivity index (χ0v) is 16.4. The predicted octanol–water partition coefficient (Wildman–Crippen LogP) is 3.92. The van der Waals surface area contributed by atoms with Gasteiger partial charge in [-0.25, -0.2) is 4.99 Å².